The van der Waals surface area contributed by atoms with E-state index in [9.17, 15) is 0 Å². The van der Waals surface area contributed by atoms with Gasteiger partial charge in [0, 0.05) is 42.9 Å². The first kappa shape index (κ1) is 17.6. The Morgan fingerprint density at radius 2 is 2.36 bits per heavy atom. The van der Waals surface area contributed by atoms with Gasteiger partial charge in [0.1, 0.15) is 0 Å². The second kappa shape index (κ2) is 9.43. The summed E-state index contributed by atoms with van der Waals surface area (Å²) in [5, 5.41) is 8.93. The molecule has 2 rings (SSSR count). The second-order valence-corrected chi connectivity index (χ2v) is 7.56. The molecule has 1 aliphatic heterocycles. The summed E-state index contributed by atoms with van der Waals surface area (Å²) < 4.78 is 0. The van der Waals surface area contributed by atoms with Crippen LogP contribution >= 0.6 is 23.1 Å². The van der Waals surface area contributed by atoms with Gasteiger partial charge in [-0.25, -0.2) is 0 Å². The highest BCUT2D eigenvalue weighted by Gasteiger charge is 2.21. The fraction of sp³-hybridized carbons (Fsp3) is 0.688. The zero-order valence-corrected chi connectivity index (χ0v) is 15.5. The van der Waals surface area contributed by atoms with Gasteiger partial charge in [-0.15, -0.1) is 11.3 Å². The van der Waals surface area contributed by atoms with Crippen LogP contribution in [0.2, 0.25) is 0 Å². The number of aliphatic imine (C=N–C) groups is 1. The van der Waals surface area contributed by atoms with Gasteiger partial charge in [0.05, 0.1) is 6.54 Å². The number of thioether (sulfide) groups is 1. The van der Waals surface area contributed by atoms with E-state index in [-0.39, 0.29) is 0 Å². The van der Waals surface area contributed by atoms with Crippen LogP contribution in [0.15, 0.2) is 16.4 Å². The molecule has 0 radical (unpaired) electrons. The quantitative estimate of drug-likeness (QED) is 0.454. The smallest absolute Gasteiger partial charge is 0.191 e. The minimum Gasteiger partial charge on any atom is -0.357 e. The molecule has 0 aromatic carbocycles. The van der Waals surface area contributed by atoms with E-state index in [1.807, 2.05) is 23.1 Å². The molecule has 0 aliphatic carbocycles. The van der Waals surface area contributed by atoms with Crippen LogP contribution in [0.25, 0.3) is 0 Å². The molecule has 2 N–H and O–H groups in total. The number of guanidine groups is 1. The maximum atomic E-state index is 4.75. The monoisotopic (exact) mass is 340 g/mol. The molecule has 0 bridgehead atoms. The first-order valence-electron chi connectivity index (χ1n) is 8.05. The lowest BCUT2D eigenvalue weighted by molar-refractivity contribution is 0.197. The molecule has 2 heterocycles. The third kappa shape index (κ3) is 5.18. The Kier molecular flexibility index (Phi) is 7.55. The summed E-state index contributed by atoms with van der Waals surface area (Å²) in [7, 11) is 0. The van der Waals surface area contributed by atoms with Crippen molar-refractivity contribution in [1.82, 2.24) is 15.5 Å². The molecule has 1 unspecified atom stereocenters. The van der Waals surface area contributed by atoms with Crippen molar-refractivity contribution in [3.8, 4) is 0 Å². The maximum Gasteiger partial charge on any atom is 0.191 e. The third-order valence-corrected chi connectivity index (χ3v) is 5.55. The van der Waals surface area contributed by atoms with Gasteiger partial charge in [-0.3, -0.25) is 9.89 Å². The molecule has 4 nitrogen and oxygen atoms in total. The highest BCUT2D eigenvalue weighted by atomic mass is 32.2. The van der Waals surface area contributed by atoms with E-state index < -0.39 is 0 Å². The fourth-order valence-electron chi connectivity index (χ4n) is 2.60. The van der Waals surface area contributed by atoms with Crippen LogP contribution in [-0.2, 0) is 13.0 Å². The standard InChI is InChI=1S/C16H28N4S2/c1-4-17-16(18-7-10-21-3)19-11-13(2)20-8-5-15-14(12-20)6-9-22-15/h6,9,13H,4-5,7-8,10-12H2,1-3H3,(H2,17,18,19). The van der Waals surface area contributed by atoms with Crippen molar-refractivity contribution in [2.45, 2.75) is 32.9 Å². The van der Waals surface area contributed by atoms with Gasteiger partial charge in [-0.05, 0) is 43.5 Å². The van der Waals surface area contributed by atoms with Crippen molar-refractivity contribution in [3.05, 3.63) is 21.9 Å². The molecule has 0 amide bonds. The number of nitrogens with zero attached hydrogens (tertiary/aromatic N) is 2. The molecule has 0 spiro atoms. The van der Waals surface area contributed by atoms with Crippen LogP contribution in [0.4, 0.5) is 0 Å². The van der Waals surface area contributed by atoms with Crippen LogP contribution in [0.3, 0.4) is 0 Å². The molecule has 0 fully saturated rings. The molecule has 1 aromatic heterocycles. The third-order valence-electron chi connectivity index (χ3n) is 3.92. The Hall–Kier alpha value is -0.720. The van der Waals surface area contributed by atoms with Gasteiger partial charge in [0.2, 0.25) is 0 Å². The van der Waals surface area contributed by atoms with Crippen LogP contribution in [0.1, 0.15) is 24.3 Å². The Balaban J connectivity index is 1.84. The zero-order valence-electron chi connectivity index (χ0n) is 13.9. The normalized spacial score (nSPS) is 17.1. The van der Waals surface area contributed by atoms with E-state index in [0.29, 0.717) is 6.04 Å². The highest BCUT2D eigenvalue weighted by Crippen LogP contribution is 2.25. The van der Waals surface area contributed by atoms with Crippen LogP contribution in [-0.4, -0.2) is 55.1 Å². The van der Waals surface area contributed by atoms with Crippen molar-refractivity contribution in [2.75, 3.05) is 38.2 Å². The predicted octanol–water partition coefficient (Wildman–Crippen LogP) is 2.41. The zero-order chi connectivity index (χ0) is 15.8. The molecule has 0 saturated heterocycles. The maximum absolute atomic E-state index is 4.75. The summed E-state index contributed by atoms with van der Waals surface area (Å²) >= 11 is 3.75. The molecule has 6 heteroatoms. The number of rotatable bonds is 7. The summed E-state index contributed by atoms with van der Waals surface area (Å²) in [5.74, 6) is 2.05. The number of hydrogen-bond acceptors (Lipinski definition) is 4. The summed E-state index contributed by atoms with van der Waals surface area (Å²) in [6.45, 7) is 9.33. The summed E-state index contributed by atoms with van der Waals surface area (Å²) in [4.78, 5) is 8.86. The van der Waals surface area contributed by atoms with E-state index in [1.165, 1.54) is 12.0 Å². The van der Waals surface area contributed by atoms with Gasteiger partial charge >= 0.3 is 0 Å². The largest absolute Gasteiger partial charge is 0.357 e. The molecule has 0 saturated carbocycles. The minimum atomic E-state index is 0.476. The molecule has 124 valence electrons. The minimum absolute atomic E-state index is 0.476. The van der Waals surface area contributed by atoms with Gasteiger partial charge < -0.3 is 10.6 Å². The Bertz CT molecular complexity index is 472. The lowest BCUT2D eigenvalue weighted by Crippen LogP contribution is -2.42. The van der Waals surface area contributed by atoms with E-state index in [0.717, 1.165) is 44.4 Å². The second-order valence-electron chi connectivity index (χ2n) is 5.58. The Morgan fingerprint density at radius 1 is 1.50 bits per heavy atom. The van der Waals surface area contributed by atoms with Gasteiger partial charge in [-0.1, -0.05) is 0 Å². The number of nitrogens with one attached hydrogen (secondary N) is 2. The topological polar surface area (TPSA) is 39.7 Å². The van der Waals surface area contributed by atoms with Crippen LogP contribution < -0.4 is 10.6 Å². The summed E-state index contributed by atoms with van der Waals surface area (Å²) in [5.41, 5.74) is 1.51. The van der Waals surface area contributed by atoms with Crippen molar-refractivity contribution in [1.29, 1.82) is 0 Å². The molecule has 22 heavy (non-hydrogen) atoms. The average molecular weight is 341 g/mol. The summed E-state index contributed by atoms with van der Waals surface area (Å²) in [6.07, 6.45) is 3.32. The predicted molar refractivity (Wildman–Crippen MR) is 100 cm³/mol. The molecular formula is C16H28N4S2. The SMILES string of the molecule is CCNC(=NCC(C)N1CCc2sccc2C1)NCCSC. The number of hydrogen-bond donors (Lipinski definition) is 2. The Morgan fingerprint density at radius 3 is 3.14 bits per heavy atom. The lowest BCUT2D eigenvalue weighted by Gasteiger charge is -2.31. The van der Waals surface area contributed by atoms with Crippen LogP contribution in [0, 0.1) is 0 Å². The van der Waals surface area contributed by atoms with E-state index in [2.05, 4.69) is 47.1 Å². The van der Waals surface area contributed by atoms with Crippen molar-refractivity contribution in [2.24, 2.45) is 4.99 Å². The van der Waals surface area contributed by atoms with Crippen molar-refractivity contribution < 1.29 is 0 Å². The average Bonchev–Trinajstić information content (AvgIpc) is 3.00. The van der Waals surface area contributed by atoms with Crippen LogP contribution in [0.5, 0.6) is 0 Å². The molecule has 1 aromatic rings. The van der Waals surface area contributed by atoms with Crippen molar-refractivity contribution in [3.63, 3.8) is 0 Å². The lowest BCUT2D eigenvalue weighted by atomic mass is 10.1. The fourth-order valence-corrected chi connectivity index (χ4v) is 3.79. The molecule has 1 atom stereocenters. The Labute approximate surface area is 142 Å². The summed E-state index contributed by atoms with van der Waals surface area (Å²) in [6, 6.07) is 2.75. The molecular weight excluding hydrogens is 312 g/mol. The first-order valence-corrected chi connectivity index (χ1v) is 10.3. The highest BCUT2D eigenvalue weighted by molar-refractivity contribution is 7.98. The van der Waals surface area contributed by atoms with E-state index in [1.54, 1.807) is 4.88 Å². The van der Waals surface area contributed by atoms with Gasteiger partial charge in [0.25, 0.3) is 0 Å². The number of thiophene rings is 1. The number of fused-ring (bicyclic) bond motifs is 1. The first-order chi connectivity index (χ1) is 10.7. The molecule has 1 aliphatic rings. The van der Waals surface area contributed by atoms with Crippen molar-refractivity contribution >= 4 is 29.1 Å². The van der Waals surface area contributed by atoms with Gasteiger partial charge in [-0.2, -0.15) is 11.8 Å². The van der Waals surface area contributed by atoms with Gasteiger partial charge in [0.15, 0.2) is 5.96 Å². The van der Waals surface area contributed by atoms with E-state index in [4.69, 9.17) is 4.99 Å². The van der Waals surface area contributed by atoms with E-state index >= 15 is 0 Å².